The maximum atomic E-state index is 12.0. The number of hydrogen-bond acceptors (Lipinski definition) is 4. The van der Waals surface area contributed by atoms with Crippen molar-refractivity contribution < 1.29 is 9.53 Å². The molecule has 25 heavy (non-hydrogen) atoms. The van der Waals surface area contributed by atoms with Crippen LogP contribution >= 0.6 is 23.4 Å². The van der Waals surface area contributed by atoms with E-state index in [1.807, 2.05) is 24.3 Å². The van der Waals surface area contributed by atoms with Gasteiger partial charge in [0, 0.05) is 23.0 Å². The van der Waals surface area contributed by atoms with Crippen LogP contribution in [-0.4, -0.2) is 16.6 Å². The van der Waals surface area contributed by atoms with Crippen molar-refractivity contribution in [3.8, 4) is 11.5 Å². The van der Waals surface area contributed by atoms with Gasteiger partial charge in [-0.05, 0) is 48.5 Å². The smallest absolute Gasteiger partial charge is 0.234 e. The van der Waals surface area contributed by atoms with E-state index in [9.17, 15) is 4.79 Å². The average Bonchev–Trinajstić information content (AvgIpc) is 2.64. The van der Waals surface area contributed by atoms with Crippen molar-refractivity contribution in [3.63, 3.8) is 0 Å². The molecule has 2 aromatic carbocycles. The maximum Gasteiger partial charge on any atom is 0.234 e. The zero-order valence-corrected chi connectivity index (χ0v) is 14.8. The van der Waals surface area contributed by atoms with E-state index >= 15 is 0 Å². The lowest BCUT2D eigenvalue weighted by molar-refractivity contribution is -0.113. The minimum Gasteiger partial charge on any atom is -0.456 e. The molecule has 1 amide bonds. The fraction of sp³-hybridized carbons (Fsp3) is 0.0526. The van der Waals surface area contributed by atoms with Gasteiger partial charge in [0.2, 0.25) is 5.91 Å². The van der Waals surface area contributed by atoms with Gasteiger partial charge in [-0.1, -0.05) is 23.7 Å². The highest BCUT2D eigenvalue weighted by Crippen LogP contribution is 2.29. The van der Waals surface area contributed by atoms with Crippen molar-refractivity contribution in [1.82, 2.24) is 4.98 Å². The molecule has 3 aromatic rings. The third-order valence-electron chi connectivity index (χ3n) is 3.22. The Bertz CT molecular complexity index is 842. The molecule has 3 rings (SSSR count). The van der Waals surface area contributed by atoms with Crippen LogP contribution in [0.3, 0.4) is 0 Å². The first kappa shape index (κ1) is 17.3. The molecular formula is C19H15ClN2O2S. The monoisotopic (exact) mass is 370 g/mol. The Kier molecular flexibility index (Phi) is 5.93. The molecule has 0 atom stereocenters. The van der Waals surface area contributed by atoms with Crippen LogP contribution in [0.25, 0.3) is 0 Å². The Morgan fingerprint density at radius 3 is 2.48 bits per heavy atom. The molecule has 4 nitrogen and oxygen atoms in total. The number of carbonyl (C=O) groups excluding carboxylic acids is 1. The SMILES string of the molecule is O=C(CSc1ccncc1)Nc1ccc(Oc2ccccc2Cl)cc1. The van der Waals surface area contributed by atoms with E-state index in [0.717, 1.165) is 4.90 Å². The molecule has 126 valence electrons. The Labute approximate surface area is 155 Å². The molecule has 0 unspecified atom stereocenters. The predicted molar refractivity (Wildman–Crippen MR) is 102 cm³/mol. The summed E-state index contributed by atoms with van der Waals surface area (Å²) in [6.45, 7) is 0. The first-order valence-corrected chi connectivity index (χ1v) is 8.92. The molecule has 0 aliphatic heterocycles. The van der Waals surface area contributed by atoms with E-state index < -0.39 is 0 Å². The molecule has 0 bridgehead atoms. The fourth-order valence-corrected chi connectivity index (χ4v) is 2.90. The third-order valence-corrected chi connectivity index (χ3v) is 4.55. The molecule has 6 heteroatoms. The summed E-state index contributed by atoms with van der Waals surface area (Å²) in [6, 6.07) is 18.2. The van der Waals surface area contributed by atoms with Crippen LogP contribution in [-0.2, 0) is 4.79 Å². The van der Waals surface area contributed by atoms with Crippen LogP contribution in [0, 0.1) is 0 Å². The number of halogens is 1. The van der Waals surface area contributed by atoms with Crippen LogP contribution in [0.15, 0.2) is 78.0 Å². The predicted octanol–water partition coefficient (Wildman–Crippen LogP) is 5.26. The van der Waals surface area contributed by atoms with Crippen molar-refractivity contribution in [2.75, 3.05) is 11.1 Å². The summed E-state index contributed by atoms with van der Waals surface area (Å²) in [6.07, 6.45) is 3.41. The van der Waals surface area contributed by atoms with Gasteiger partial charge in [-0.2, -0.15) is 0 Å². The lowest BCUT2D eigenvalue weighted by Gasteiger charge is -2.09. The molecule has 1 aromatic heterocycles. The van der Waals surface area contributed by atoms with Crippen LogP contribution in [0.1, 0.15) is 0 Å². The number of carbonyl (C=O) groups is 1. The zero-order valence-electron chi connectivity index (χ0n) is 13.2. The second-order valence-corrected chi connectivity index (χ2v) is 6.53. The van der Waals surface area contributed by atoms with E-state index in [2.05, 4.69) is 10.3 Å². The van der Waals surface area contributed by atoms with Gasteiger partial charge in [-0.15, -0.1) is 11.8 Å². The van der Waals surface area contributed by atoms with Crippen molar-refractivity contribution in [2.24, 2.45) is 0 Å². The molecule has 1 N–H and O–H groups in total. The number of anilines is 1. The summed E-state index contributed by atoms with van der Waals surface area (Å²) in [5.74, 6) is 1.51. The van der Waals surface area contributed by atoms with Gasteiger partial charge in [0.1, 0.15) is 11.5 Å². The highest BCUT2D eigenvalue weighted by Gasteiger charge is 2.05. The van der Waals surface area contributed by atoms with Crippen molar-refractivity contribution in [1.29, 1.82) is 0 Å². The maximum absolute atomic E-state index is 12.0. The van der Waals surface area contributed by atoms with Crippen LogP contribution in [0.5, 0.6) is 11.5 Å². The van der Waals surface area contributed by atoms with Gasteiger partial charge in [0.05, 0.1) is 10.8 Å². The van der Waals surface area contributed by atoms with Gasteiger partial charge >= 0.3 is 0 Å². The number of aromatic nitrogens is 1. The fourth-order valence-electron chi connectivity index (χ4n) is 2.04. The largest absolute Gasteiger partial charge is 0.456 e. The highest BCUT2D eigenvalue weighted by molar-refractivity contribution is 8.00. The van der Waals surface area contributed by atoms with E-state index in [-0.39, 0.29) is 5.91 Å². The number of para-hydroxylation sites is 1. The minimum absolute atomic E-state index is 0.0680. The Morgan fingerprint density at radius 1 is 1.04 bits per heavy atom. The minimum atomic E-state index is -0.0680. The first-order valence-electron chi connectivity index (χ1n) is 7.56. The summed E-state index contributed by atoms with van der Waals surface area (Å²) >= 11 is 7.53. The van der Waals surface area contributed by atoms with Gasteiger partial charge in [-0.3, -0.25) is 9.78 Å². The lowest BCUT2D eigenvalue weighted by Crippen LogP contribution is -2.13. The van der Waals surface area contributed by atoms with Crippen molar-refractivity contribution in [2.45, 2.75) is 4.90 Å². The van der Waals surface area contributed by atoms with Crippen LogP contribution in [0.2, 0.25) is 5.02 Å². The van der Waals surface area contributed by atoms with E-state index in [4.69, 9.17) is 16.3 Å². The van der Waals surface area contributed by atoms with Crippen molar-refractivity contribution in [3.05, 3.63) is 78.1 Å². The molecule has 1 heterocycles. The number of rotatable bonds is 6. The lowest BCUT2D eigenvalue weighted by atomic mass is 10.3. The number of nitrogens with one attached hydrogen (secondary N) is 1. The topological polar surface area (TPSA) is 51.2 Å². The molecule has 0 aliphatic carbocycles. The van der Waals surface area contributed by atoms with Gasteiger partial charge in [-0.25, -0.2) is 0 Å². The average molecular weight is 371 g/mol. The Morgan fingerprint density at radius 2 is 1.76 bits per heavy atom. The zero-order chi connectivity index (χ0) is 17.5. The number of amides is 1. The van der Waals surface area contributed by atoms with Crippen LogP contribution < -0.4 is 10.1 Å². The van der Waals surface area contributed by atoms with Gasteiger partial charge in [0.25, 0.3) is 0 Å². The molecule has 0 saturated heterocycles. The normalized spacial score (nSPS) is 10.3. The second-order valence-electron chi connectivity index (χ2n) is 5.08. The third kappa shape index (κ3) is 5.24. The van der Waals surface area contributed by atoms with Gasteiger partial charge in [0.15, 0.2) is 0 Å². The summed E-state index contributed by atoms with van der Waals surface area (Å²) in [7, 11) is 0. The standard InChI is InChI=1S/C19H15ClN2O2S/c20-17-3-1-2-4-18(17)24-15-7-5-14(6-8-15)22-19(23)13-25-16-9-11-21-12-10-16/h1-12H,13H2,(H,22,23). The molecule has 0 aliphatic rings. The van der Waals surface area contributed by atoms with Crippen LogP contribution in [0.4, 0.5) is 5.69 Å². The molecular weight excluding hydrogens is 356 g/mol. The Balaban J connectivity index is 1.53. The quantitative estimate of drug-likeness (QED) is 0.601. The van der Waals surface area contributed by atoms with E-state index in [1.165, 1.54) is 11.8 Å². The molecule has 0 saturated carbocycles. The van der Waals surface area contributed by atoms with E-state index in [1.54, 1.807) is 48.8 Å². The van der Waals surface area contributed by atoms with E-state index in [0.29, 0.717) is 28.0 Å². The number of ether oxygens (including phenoxy) is 1. The van der Waals surface area contributed by atoms with Crippen molar-refractivity contribution >= 4 is 35.0 Å². The first-order chi connectivity index (χ1) is 12.2. The summed E-state index contributed by atoms with van der Waals surface area (Å²) in [5.41, 5.74) is 0.715. The number of nitrogens with zero attached hydrogens (tertiary/aromatic N) is 1. The molecule has 0 spiro atoms. The highest BCUT2D eigenvalue weighted by atomic mass is 35.5. The molecule has 0 radical (unpaired) electrons. The number of hydrogen-bond donors (Lipinski definition) is 1. The number of thioether (sulfide) groups is 1. The molecule has 0 fully saturated rings. The summed E-state index contributed by atoms with van der Waals surface area (Å²) in [4.78, 5) is 17.0. The summed E-state index contributed by atoms with van der Waals surface area (Å²) in [5, 5.41) is 3.41. The van der Waals surface area contributed by atoms with Gasteiger partial charge < -0.3 is 10.1 Å². The number of benzene rings is 2. The number of pyridine rings is 1. The second kappa shape index (κ2) is 8.55. The summed E-state index contributed by atoms with van der Waals surface area (Å²) < 4.78 is 5.72. The Hall–Kier alpha value is -2.50.